The summed E-state index contributed by atoms with van der Waals surface area (Å²) < 4.78 is 1.60. The molecule has 3 aromatic carbocycles. The van der Waals surface area contributed by atoms with Crippen LogP contribution in [0.1, 0.15) is 5.56 Å². The highest BCUT2D eigenvalue weighted by Crippen LogP contribution is 2.27. The standard InChI is InChI=1S/C20H14N6/c1-3-7-16-14(5-1)11-15-6-2-4-8-17(15)18(16)12-21-23-19-9-10-20-24-22-13-26(20)25-19/h1-13H,(H,23,25). The van der Waals surface area contributed by atoms with Crippen molar-refractivity contribution in [3.05, 3.63) is 78.6 Å². The normalized spacial score (nSPS) is 11.7. The lowest BCUT2D eigenvalue weighted by atomic mass is 9.97. The van der Waals surface area contributed by atoms with Crippen molar-refractivity contribution in [3.8, 4) is 0 Å². The van der Waals surface area contributed by atoms with E-state index in [9.17, 15) is 0 Å². The summed E-state index contributed by atoms with van der Waals surface area (Å²) in [6.45, 7) is 0. The molecular weight excluding hydrogens is 324 g/mol. The summed E-state index contributed by atoms with van der Waals surface area (Å²) in [4.78, 5) is 0. The lowest BCUT2D eigenvalue weighted by Crippen LogP contribution is -1.98. The van der Waals surface area contributed by atoms with Crippen LogP contribution in [0.2, 0.25) is 0 Å². The largest absolute Gasteiger partial charge is 0.260 e. The number of anilines is 1. The first kappa shape index (κ1) is 14.5. The van der Waals surface area contributed by atoms with Gasteiger partial charge in [0, 0.05) is 5.56 Å². The molecule has 0 unspecified atom stereocenters. The van der Waals surface area contributed by atoms with E-state index in [1.54, 1.807) is 10.8 Å². The average molecular weight is 338 g/mol. The number of fused-ring (bicyclic) bond motifs is 3. The van der Waals surface area contributed by atoms with Crippen molar-refractivity contribution >= 4 is 39.2 Å². The summed E-state index contributed by atoms with van der Waals surface area (Å²) in [6.07, 6.45) is 3.41. The van der Waals surface area contributed by atoms with Crippen LogP contribution in [-0.4, -0.2) is 26.0 Å². The van der Waals surface area contributed by atoms with Gasteiger partial charge in [0.2, 0.25) is 0 Å². The van der Waals surface area contributed by atoms with Gasteiger partial charge >= 0.3 is 0 Å². The Balaban J connectivity index is 1.57. The maximum Gasteiger partial charge on any atom is 0.177 e. The molecule has 6 nitrogen and oxygen atoms in total. The van der Waals surface area contributed by atoms with Gasteiger partial charge < -0.3 is 0 Å². The molecule has 0 aliphatic rings. The van der Waals surface area contributed by atoms with Crippen molar-refractivity contribution in [1.29, 1.82) is 0 Å². The molecule has 6 heteroatoms. The third-order valence-electron chi connectivity index (χ3n) is 4.35. The molecule has 0 amide bonds. The predicted octanol–water partition coefficient (Wildman–Crippen LogP) is 3.88. The molecule has 2 aromatic heterocycles. The molecule has 0 aliphatic carbocycles. The number of hydrogen-bond donors (Lipinski definition) is 1. The third-order valence-corrected chi connectivity index (χ3v) is 4.35. The number of hydrogen-bond acceptors (Lipinski definition) is 5. The minimum absolute atomic E-state index is 0.623. The van der Waals surface area contributed by atoms with Crippen molar-refractivity contribution in [2.75, 3.05) is 5.43 Å². The molecule has 2 heterocycles. The quantitative estimate of drug-likeness (QED) is 0.308. The van der Waals surface area contributed by atoms with Crippen molar-refractivity contribution in [2.45, 2.75) is 0 Å². The smallest absolute Gasteiger partial charge is 0.177 e. The van der Waals surface area contributed by atoms with Crippen LogP contribution in [0.4, 0.5) is 5.82 Å². The van der Waals surface area contributed by atoms with E-state index in [1.807, 2.05) is 30.5 Å². The summed E-state index contributed by atoms with van der Waals surface area (Å²) in [5, 5.41) is 21.2. The number of nitrogens with one attached hydrogen (secondary N) is 1. The fourth-order valence-corrected chi connectivity index (χ4v) is 3.14. The zero-order valence-corrected chi connectivity index (χ0v) is 13.7. The fraction of sp³-hybridized carbons (Fsp3) is 0. The van der Waals surface area contributed by atoms with E-state index >= 15 is 0 Å². The summed E-state index contributed by atoms with van der Waals surface area (Å²) in [5.41, 5.74) is 4.76. The van der Waals surface area contributed by atoms with Gasteiger partial charge in [0.05, 0.1) is 6.21 Å². The number of aromatic nitrogens is 4. The van der Waals surface area contributed by atoms with Gasteiger partial charge in [-0.1, -0.05) is 48.5 Å². The lowest BCUT2D eigenvalue weighted by molar-refractivity contribution is 0.925. The molecule has 0 fully saturated rings. The first-order valence-corrected chi connectivity index (χ1v) is 8.25. The van der Waals surface area contributed by atoms with E-state index < -0.39 is 0 Å². The van der Waals surface area contributed by atoms with Gasteiger partial charge in [-0.2, -0.15) is 9.62 Å². The highest BCUT2D eigenvalue weighted by atomic mass is 15.4. The summed E-state index contributed by atoms with van der Waals surface area (Å²) >= 11 is 0. The van der Waals surface area contributed by atoms with Crippen LogP contribution < -0.4 is 5.43 Å². The van der Waals surface area contributed by atoms with Gasteiger partial charge in [-0.05, 0) is 39.7 Å². The Morgan fingerprint density at radius 3 is 2.38 bits per heavy atom. The Kier molecular flexibility index (Phi) is 3.31. The van der Waals surface area contributed by atoms with Crippen LogP contribution in [0.3, 0.4) is 0 Å². The topological polar surface area (TPSA) is 67.5 Å². The second-order valence-electron chi connectivity index (χ2n) is 5.95. The monoisotopic (exact) mass is 338 g/mol. The van der Waals surface area contributed by atoms with Crippen molar-refractivity contribution in [3.63, 3.8) is 0 Å². The maximum atomic E-state index is 4.41. The van der Waals surface area contributed by atoms with E-state index in [4.69, 9.17) is 0 Å². The van der Waals surface area contributed by atoms with E-state index in [0.717, 1.165) is 5.56 Å². The van der Waals surface area contributed by atoms with Crippen LogP contribution >= 0.6 is 0 Å². The third kappa shape index (κ3) is 2.44. The van der Waals surface area contributed by atoms with Gasteiger partial charge in [-0.25, -0.2) is 0 Å². The van der Waals surface area contributed by atoms with Crippen molar-refractivity contribution < 1.29 is 0 Å². The molecule has 26 heavy (non-hydrogen) atoms. The summed E-state index contributed by atoms with van der Waals surface area (Å²) in [7, 11) is 0. The molecular formula is C20H14N6. The molecule has 0 aliphatic heterocycles. The van der Waals surface area contributed by atoms with Crippen LogP contribution in [0.5, 0.6) is 0 Å². The minimum atomic E-state index is 0.623. The van der Waals surface area contributed by atoms with Gasteiger partial charge in [0.25, 0.3) is 0 Å². The average Bonchev–Trinajstić information content (AvgIpc) is 3.15. The molecule has 0 saturated carbocycles. The minimum Gasteiger partial charge on any atom is -0.260 e. The molecule has 5 rings (SSSR count). The van der Waals surface area contributed by atoms with Crippen LogP contribution in [0.25, 0.3) is 27.2 Å². The SMILES string of the molecule is C(=NNc1ccc2nncn2n1)c1c2ccccc2cc2ccccc12. The van der Waals surface area contributed by atoms with E-state index in [-0.39, 0.29) is 0 Å². The molecule has 1 N–H and O–H groups in total. The van der Waals surface area contributed by atoms with Crippen LogP contribution in [0.15, 0.2) is 78.2 Å². The molecule has 0 bridgehead atoms. The molecule has 0 atom stereocenters. The maximum absolute atomic E-state index is 4.41. The van der Waals surface area contributed by atoms with E-state index in [0.29, 0.717) is 11.5 Å². The van der Waals surface area contributed by atoms with Crippen LogP contribution in [-0.2, 0) is 0 Å². The second kappa shape index (κ2) is 5.93. The summed E-state index contributed by atoms with van der Waals surface area (Å²) in [5.74, 6) is 0.623. The molecule has 0 saturated heterocycles. The van der Waals surface area contributed by atoms with Crippen LogP contribution in [0, 0.1) is 0 Å². The zero-order chi connectivity index (χ0) is 17.3. The fourth-order valence-electron chi connectivity index (χ4n) is 3.14. The Hall–Kier alpha value is -3.80. The molecule has 0 radical (unpaired) electrons. The van der Waals surface area contributed by atoms with Gasteiger partial charge in [0.15, 0.2) is 11.5 Å². The van der Waals surface area contributed by atoms with Crippen molar-refractivity contribution in [1.82, 2.24) is 19.8 Å². The van der Waals surface area contributed by atoms with E-state index in [2.05, 4.69) is 68.3 Å². The molecule has 5 aromatic rings. The Morgan fingerprint density at radius 1 is 0.885 bits per heavy atom. The first-order chi connectivity index (χ1) is 12.9. The predicted molar refractivity (Wildman–Crippen MR) is 103 cm³/mol. The molecule has 0 spiro atoms. The molecule has 124 valence electrons. The first-order valence-electron chi connectivity index (χ1n) is 8.25. The van der Waals surface area contributed by atoms with Gasteiger partial charge in [0.1, 0.15) is 6.33 Å². The van der Waals surface area contributed by atoms with Crippen molar-refractivity contribution in [2.24, 2.45) is 5.10 Å². The van der Waals surface area contributed by atoms with E-state index in [1.165, 1.54) is 21.5 Å². The summed E-state index contributed by atoms with van der Waals surface area (Å²) in [6, 6.07) is 22.5. The number of benzene rings is 3. The Bertz CT molecular complexity index is 1220. The Morgan fingerprint density at radius 2 is 1.62 bits per heavy atom. The van der Waals surface area contributed by atoms with Gasteiger partial charge in [-0.3, -0.25) is 5.43 Å². The second-order valence-corrected chi connectivity index (χ2v) is 5.95. The Labute approximate surface area is 148 Å². The number of hydrazone groups is 1. The highest BCUT2D eigenvalue weighted by Gasteiger charge is 2.05. The number of nitrogens with zero attached hydrogens (tertiary/aromatic N) is 5. The lowest BCUT2D eigenvalue weighted by Gasteiger charge is -2.08. The van der Waals surface area contributed by atoms with Gasteiger partial charge in [-0.15, -0.1) is 15.3 Å². The highest BCUT2D eigenvalue weighted by molar-refractivity contribution is 6.13. The zero-order valence-electron chi connectivity index (χ0n) is 13.7. The number of rotatable bonds is 3.